The second-order valence-electron chi connectivity index (χ2n) is 3.29. The molecule has 0 saturated heterocycles. The summed E-state index contributed by atoms with van der Waals surface area (Å²) < 4.78 is 0. The Morgan fingerprint density at radius 1 is 1.43 bits per heavy atom. The van der Waals surface area contributed by atoms with E-state index in [2.05, 4.69) is 4.99 Å². The van der Waals surface area contributed by atoms with Crippen LogP contribution in [0.25, 0.3) is 0 Å². The van der Waals surface area contributed by atoms with Crippen molar-refractivity contribution in [2.24, 2.45) is 4.99 Å². The van der Waals surface area contributed by atoms with Crippen molar-refractivity contribution >= 4 is 5.71 Å². The van der Waals surface area contributed by atoms with Crippen molar-refractivity contribution in [3.63, 3.8) is 0 Å². The maximum absolute atomic E-state index is 9.50. The van der Waals surface area contributed by atoms with Crippen molar-refractivity contribution in [3.05, 3.63) is 29.8 Å². The van der Waals surface area contributed by atoms with Gasteiger partial charge in [0.2, 0.25) is 0 Å². The van der Waals surface area contributed by atoms with E-state index in [1.165, 1.54) is 0 Å². The third kappa shape index (κ3) is 2.85. The minimum Gasteiger partial charge on any atom is -0.507 e. The molecule has 1 aromatic carbocycles. The van der Waals surface area contributed by atoms with Gasteiger partial charge in [0, 0.05) is 11.3 Å². The van der Waals surface area contributed by atoms with E-state index in [0.29, 0.717) is 12.1 Å². The number of phenols is 1. The number of aliphatic hydroxyl groups is 1. The molecule has 0 spiro atoms. The molecule has 3 heteroatoms. The van der Waals surface area contributed by atoms with Gasteiger partial charge in [0.25, 0.3) is 0 Å². The van der Waals surface area contributed by atoms with Gasteiger partial charge in [0.05, 0.1) is 12.6 Å². The van der Waals surface area contributed by atoms with Gasteiger partial charge in [-0.15, -0.1) is 0 Å². The highest BCUT2D eigenvalue weighted by atomic mass is 16.3. The van der Waals surface area contributed by atoms with Crippen LogP contribution < -0.4 is 0 Å². The number of phenolic OH excluding ortho intramolecular Hbond substituents is 1. The van der Waals surface area contributed by atoms with Crippen LogP contribution in [0.1, 0.15) is 19.4 Å². The zero-order valence-electron chi connectivity index (χ0n) is 8.44. The van der Waals surface area contributed by atoms with Gasteiger partial charge < -0.3 is 10.2 Å². The second-order valence-corrected chi connectivity index (χ2v) is 3.29. The molecular weight excluding hydrogens is 178 g/mol. The quantitative estimate of drug-likeness (QED) is 0.716. The average molecular weight is 193 g/mol. The van der Waals surface area contributed by atoms with E-state index in [1.807, 2.05) is 13.0 Å². The Morgan fingerprint density at radius 3 is 2.64 bits per heavy atom. The van der Waals surface area contributed by atoms with Gasteiger partial charge in [-0.2, -0.15) is 0 Å². The molecule has 0 aliphatic rings. The minimum absolute atomic E-state index is 0.222. The fourth-order valence-corrected chi connectivity index (χ4v) is 1.13. The molecule has 0 radical (unpaired) electrons. The number of hydrogen-bond acceptors (Lipinski definition) is 3. The Bertz CT molecular complexity index is 332. The summed E-state index contributed by atoms with van der Waals surface area (Å²) >= 11 is 0. The Kier molecular flexibility index (Phi) is 3.65. The maximum Gasteiger partial charge on any atom is 0.124 e. The van der Waals surface area contributed by atoms with Crippen LogP contribution in [0.15, 0.2) is 29.3 Å². The highest BCUT2D eigenvalue weighted by Crippen LogP contribution is 2.16. The minimum atomic E-state index is -0.448. The lowest BCUT2D eigenvalue weighted by Crippen LogP contribution is -2.07. The third-order valence-electron chi connectivity index (χ3n) is 1.89. The van der Waals surface area contributed by atoms with Crippen LogP contribution in [0, 0.1) is 0 Å². The lowest BCUT2D eigenvalue weighted by Gasteiger charge is -2.04. The van der Waals surface area contributed by atoms with Crippen molar-refractivity contribution in [1.29, 1.82) is 0 Å². The molecular formula is C11H15NO2. The number of hydrogen-bond donors (Lipinski definition) is 2. The first-order valence-electron chi connectivity index (χ1n) is 4.58. The Balaban J connectivity index is 2.84. The van der Waals surface area contributed by atoms with E-state index in [9.17, 15) is 5.11 Å². The maximum atomic E-state index is 9.50. The average Bonchev–Trinajstić information content (AvgIpc) is 2.15. The molecule has 0 amide bonds. The zero-order valence-corrected chi connectivity index (χ0v) is 8.44. The molecule has 14 heavy (non-hydrogen) atoms. The molecule has 3 nitrogen and oxygen atoms in total. The summed E-state index contributed by atoms with van der Waals surface area (Å²) in [6.07, 6.45) is -0.448. The smallest absolute Gasteiger partial charge is 0.124 e. The lowest BCUT2D eigenvalue weighted by molar-refractivity contribution is 0.204. The van der Waals surface area contributed by atoms with Crippen molar-refractivity contribution < 1.29 is 10.2 Å². The zero-order chi connectivity index (χ0) is 10.6. The second kappa shape index (κ2) is 4.77. The number of aromatic hydroxyl groups is 1. The van der Waals surface area contributed by atoms with Crippen molar-refractivity contribution in [1.82, 2.24) is 0 Å². The summed E-state index contributed by atoms with van der Waals surface area (Å²) in [4.78, 5) is 4.16. The summed E-state index contributed by atoms with van der Waals surface area (Å²) in [7, 11) is 0. The largest absolute Gasteiger partial charge is 0.507 e. The number of benzene rings is 1. The Morgan fingerprint density at radius 2 is 2.07 bits per heavy atom. The predicted octanol–water partition coefficient (Wildman–Crippen LogP) is 1.58. The van der Waals surface area contributed by atoms with E-state index in [4.69, 9.17) is 5.11 Å². The number of nitrogens with zero attached hydrogens (tertiary/aromatic N) is 1. The van der Waals surface area contributed by atoms with Gasteiger partial charge in [0.1, 0.15) is 5.75 Å². The van der Waals surface area contributed by atoms with Crippen LogP contribution in [0.2, 0.25) is 0 Å². The summed E-state index contributed by atoms with van der Waals surface area (Å²) in [5.74, 6) is 0.222. The summed E-state index contributed by atoms with van der Waals surface area (Å²) in [5, 5.41) is 18.6. The fourth-order valence-electron chi connectivity index (χ4n) is 1.13. The van der Waals surface area contributed by atoms with Crippen molar-refractivity contribution in [2.45, 2.75) is 20.0 Å². The van der Waals surface area contributed by atoms with Gasteiger partial charge >= 0.3 is 0 Å². The van der Waals surface area contributed by atoms with E-state index in [1.54, 1.807) is 25.1 Å². The topological polar surface area (TPSA) is 52.8 Å². The third-order valence-corrected chi connectivity index (χ3v) is 1.89. The van der Waals surface area contributed by atoms with Crippen molar-refractivity contribution in [3.8, 4) is 5.75 Å². The molecule has 0 aliphatic carbocycles. The number of para-hydroxylation sites is 1. The summed E-state index contributed by atoms with van der Waals surface area (Å²) in [6, 6.07) is 7.03. The molecule has 0 saturated carbocycles. The molecule has 1 atom stereocenters. The molecule has 2 N–H and O–H groups in total. The molecule has 1 rings (SSSR count). The molecule has 1 aromatic rings. The molecule has 0 fully saturated rings. The highest BCUT2D eigenvalue weighted by Gasteiger charge is 2.02. The highest BCUT2D eigenvalue weighted by molar-refractivity contribution is 6.00. The summed E-state index contributed by atoms with van der Waals surface area (Å²) in [6.45, 7) is 3.86. The molecule has 0 aromatic heterocycles. The summed E-state index contributed by atoms with van der Waals surface area (Å²) in [5.41, 5.74) is 1.46. The molecule has 0 heterocycles. The molecule has 0 aliphatic heterocycles. The first kappa shape index (κ1) is 10.7. The van der Waals surface area contributed by atoms with E-state index < -0.39 is 6.10 Å². The Labute approximate surface area is 83.7 Å². The number of rotatable bonds is 3. The molecule has 1 unspecified atom stereocenters. The standard InChI is InChI=1S/C11H15NO2/c1-8(13)7-12-9(2)10-5-3-4-6-11(10)14/h3-6,8,13-14H,7H2,1-2H3. The van der Waals surface area contributed by atoms with Crippen molar-refractivity contribution in [2.75, 3.05) is 6.54 Å². The SMILES string of the molecule is CC(=NCC(C)O)c1ccccc1O. The van der Waals surface area contributed by atoms with Gasteiger partial charge in [-0.25, -0.2) is 0 Å². The predicted molar refractivity (Wildman–Crippen MR) is 56.9 cm³/mol. The number of aliphatic hydroxyl groups excluding tert-OH is 1. The monoisotopic (exact) mass is 193 g/mol. The van der Waals surface area contributed by atoms with Crippen LogP contribution in [-0.4, -0.2) is 28.6 Å². The van der Waals surface area contributed by atoms with Crippen LogP contribution in [0.5, 0.6) is 5.75 Å². The van der Waals surface area contributed by atoms with E-state index in [-0.39, 0.29) is 5.75 Å². The van der Waals surface area contributed by atoms with Gasteiger partial charge in [-0.3, -0.25) is 4.99 Å². The van der Waals surface area contributed by atoms with Gasteiger partial charge in [-0.05, 0) is 26.0 Å². The van der Waals surface area contributed by atoms with Crippen LogP contribution in [-0.2, 0) is 0 Å². The van der Waals surface area contributed by atoms with Crippen LogP contribution in [0.3, 0.4) is 0 Å². The van der Waals surface area contributed by atoms with Gasteiger partial charge in [-0.1, -0.05) is 12.1 Å². The Hall–Kier alpha value is -1.35. The van der Waals surface area contributed by atoms with Gasteiger partial charge in [0.15, 0.2) is 0 Å². The molecule has 76 valence electrons. The lowest BCUT2D eigenvalue weighted by atomic mass is 10.1. The first-order chi connectivity index (χ1) is 6.61. The molecule has 0 bridgehead atoms. The van der Waals surface area contributed by atoms with Crippen LogP contribution >= 0.6 is 0 Å². The normalized spacial score (nSPS) is 14.1. The van der Waals surface area contributed by atoms with E-state index >= 15 is 0 Å². The fraction of sp³-hybridized carbons (Fsp3) is 0.364. The first-order valence-corrected chi connectivity index (χ1v) is 4.58. The number of aliphatic imine (C=N–C) groups is 1. The van der Waals surface area contributed by atoms with Crippen LogP contribution in [0.4, 0.5) is 0 Å². The van der Waals surface area contributed by atoms with E-state index in [0.717, 1.165) is 5.71 Å².